The second kappa shape index (κ2) is 12.0. The molecule has 0 saturated carbocycles. The first-order valence-electron chi connectivity index (χ1n) is 11.4. The summed E-state index contributed by atoms with van der Waals surface area (Å²) in [6.07, 6.45) is 2.17. The first-order chi connectivity index (χ1) is 15.9. The van der Waals surface area contributed by atoms with Crippen molar-refractivity contribution in [2.24, 2.45) is 0 Å². The van der Waals surface area contributed by atoms with Crippen molar-refractivity contribution >= 4 is 5.97 Å². The summed E-state index contributed by atoms with van der Waals surface area (Å²) in [4.78, 5) is 10.9. The monoisotopic (exact) mass is 448 g/mol. The van der Waals surface area contributed by atoms with Crippen LogP contribution in [-0.2, 0) is 17.6 Å². The van der Waals surface area contributed by atoms with Gasteiger partial charge in [0, 0.05) is 12.8 Å². The van der Waals surface area contributed by atoms with Crippen LogP contribution < -0.4 is 14.2 Å². The minimum absolute atomic E-state index is 0.0384. The number of hydrogen-bond donors (Lipinski definition) is 1. The second-order valence-corrected chi connectivity index (χ2v) is 8.11. The summed E-state index contributed by atoms with van der Waals surface area (Å²) in [5, 5.41) is 8.94. The summed E-state index contributed by atoms with van der Waals surface area (Å²) in [5.74, 6) is 2.17. The summed E-state index contributed by atoms with van der Waals surface area (Å²) in [7, 11) is 0. The highest BCUT2D eigenvalue weighted by molar-refractivity contribution is 5.67. The van der Waals surface area contributed by atoms with Crippen LogP contribution in [0.15, 0.2) is 66.7 Å². The fourth-order valence-electron chi connectivity index (χ4n) is 3.55. The molecule has 0 bridgehead atoms. The number of rotatable bonds is 12. The maximum Gasteiger partial charge on any atom is 0.303 e. The van der Waals surface area contributed by atoms with Crippen molar-refractivity contribution in [1.82, 2.24) is 0 Å². The summed E-state index contributed by atoms with van der Waals surface area (Å²) in [5.41, 5.74) is 3.29. The van der Waals surface area contributed by atoms with E-state index in [1.807, 2.05) is 80.6 Å². The van der Waals surface area contributed by atoms with Crippen molar-refractivity contribution in [2.45, 2.75) is 52.6 Å². The Morgan fingerprint density at radius 3 is 2.45 bits per heavy atom. The average molecular weight is 449 g/mol. The molecule has 0 fully saturated rings. The summed E-state index contributed by atoms with van der Waals surface area (Å²) >= 11 is 0. The van der Waals surface area contributed by atoms with E-state index in [2.05, 4.69) is 6.92 Å². The number of hydrogen-bond acceptors (Lipinski definition) is 4. The molecular formula is C28H32O5. The Bertz CT molecular complexity index is 1050. The topological polar surface area (TPSA) is 65.0 Å². The van der Waals surface area contributed by atoms with Crippen molar-refractivity contribution in [3.63, 3.8) is 0 Å². The molecule has 0 saturated heterocycles. The van der Waals surface area contributed by atoms with Gasteiger partial charge in [-0.2, -0.15) is 0 Å². The smallest absolute Gasteiger partial charge is 0.303 e. The zero-order valence-corrected chi connectivity index (χ0v) is 19.5. The van der Waals surface area contributed by atoms with E-state index in [1.165, 1.54) is 0 Å². The molecule has 5 heteroatoms. The number of carboxylic acid groups (broad SMARTS) is 1. The lowest BCUT2D eigenvalue weighted by Gasteiger charge is -2.18. The van der Waals surface area contributed by atoms with Crippen molar-refractivity contribution in [3.8, 4) is 23.0 Å². The van der Waals surface area contributed by atoms with Gasteiger partial charge in [-0.15, -0.1) is 0 Å². The minimum Gasteiger partial charge on any atom is -0.491 e. The summed E-state index contributed by atoms with van der Waals surface area (Å²) in [6, 6.07) is 21.5. The first kappa shape index (κ1) is 24.2. The van der Waals surface area contributed by atoms with Crippen LogP contribution in [0.1, 0.15) is 43.4 Å². The molecule has 0 radical (unpaired) electrons. The quantitative estimate of drug-likeness (QED) is 0.338. The Labute approximate surface area is 195 Å². The van der Waals surface area contributed by atoms with E-state index in [4.69, 9.17) is 19.3 Å². The fraction of sp³-hybridized carbons (Fsp3) is 0.321. The Balaban J connectivity index is 1.55. The van der Waals surface area contributed by atoms with Gasteiger partial charge >= 0.3 is 5.97 Å². The van der Waals surface area contributed by atoms with E-state index < -0.39 is 5.97 Å². The molecule has 0 aliphatic carbocycles. The second-order valence-electron chi connectivity index (χ2n) is 8.11. The van der Waals surface area contributed by atoms with Crippen molar-refractivity contribution in [2.75, 3.05) is 6.61 Å². The van der Waals surface area contributed by atoms with E-state index >= 15 is 0 Å². The number of aryl methyl sites for hydroxylation is 3. The van der Waals surface area contributed by atoms with Gasteiger partial charge in [-0.3, -0.25) is 4.79 Å². The highest BCUT2D eigenvalue weighted by Crippen LogP contribution is 2.32. The SMILES string of the molecule is CCc1cc(O[C@H](C)CCOc2ccc(C)cc2Oc2ccccc2)ccc1CCC(=O)O. The van der Waals surface area contributed by atoms with Crippen LogP contribution >= 0.6 is 0 Å². The summed E-state index contributed by atoms with van der Waals surface area (Å²) < 4.78 is 18.1. The molecule has 3 aromatic carbocycles. The third kappa shape index (κ3) is 7.56. The van der Waals surface area contributed by atoms with E-state index in [-0.39, 0.29) is 12.5 Å². The lowest BCUT2D eigenvalue weighted by Crippen LogP contribution is -2.16. The first-order valence-corrected chi connectivity index (χ1v) is 11.4. The number of carbonyl (C=O) groups is 1. The van der Waals surface area contributed by atoms with Gasteiger partial charge in [0.15, 0.2) is 11.5 Å². The van der Waals surface area contributed by atoms with Crippen LogP contribution in [-0.4, -0.2) is 23.8 Å². The molecule has 3 rings (SSSR count). The van der Waals surface area contributed by atoms with Crippen LogP contribution in [0.2, 0.25) is 0 Å². The molecule has 0 aliphatic heterocycles. The Kier molecular flexibility index (Phi) is 8.76. The normalized spacial score (nSPS) is 11.6. The highest BCUT2D eigenvalue weighted by Gasteiger charge is 2.11. The Hall–Kier alpha value is -3.47. The van der Waals surface area contributed by atoms with Crippen molar-refractivity contribution in [3.05, 3.63) is 83.4 Å². The molecule has 5 nitrogen and oxygen atoms in total. The molecule has 0 spiro atoms. The summed E-state index contributed by atoms with van der Waals surface area (Å²) in [6.45, 7) is 6.60. The van der Waals surface area contributed by atoms with Gasteiger partial charge in [-0.1, -0.05) is 37.3 Å². The molecule has 0 aromatic heterocycles. The Morgan fingerprint density at radius 2 is 1.73 bits per heavy atom. The van der Waals surface area contributed by atoms with Gasteiger partial charge in [0.1, 0.15) is 11.5 Å². The molecule has 3 aromatic rings. The van der Waals surface area contributed by atoms with Crippen molar-refractivity contribution < 1.29 is 24.1 Å². The van der Waals surface area contributed by atoms with Crippen LogP contribution in [0.5, 0.6) is 23.0 Å². The predicted octanol–water partition coefficient (Wildman–Crippen LogP) is 6.60. The maximum absolute atomic E-state index is 10.9. The van der Waals surface area contributed by atoms with E-state index in [9.17, 15) is 4.79 Å². The maximum atomic E-state index is 10.9. The largest absolute Gasteiger partial charge is 0.491 e. The van der Waals surface area contributed by atoms with Crippen LogP contribution in [0.4, 0.5) is 0 Å². The van der Waals surface area contributed by atoms with Gasteiger partial charge in [0.05, 0.1) is 12.7 Å². The van der Waals surface area contributed by atoms with Gasteiger partial charge in [0.25, 0.3) is 0 Å². The van der Waals surface area contributed by atoms with Gasteiger partial charge in [-0.05, 0) is 79.8 Å². The third-order valence-electron chi connectivity index (χ3n) is 5.36. The van der Waals surface area contributed by atoms with E-state index in [0.717, 1.165) is 34.6 Å². The fourth-order valence-corrected chi connectivity index (χ4v) is 3.55. The number of ether oxygens (including phenoxy) is 3. The highest BCUT2D eigenvalue weighted by atomic mass is 16.5. The number of carboxylic acids is 1. The standard InChI is InChI=1S/C28H32O5/c1-4-22-19-25(13-11-23(22)12-15-28(29)30)32-21(3)16-17-31-26-14-10-20(2)18-27(26)33-24-8-6-5-7-9-24/h5-11,13-14,18-19,21H,4,12,15-17H2,1-3H3,(H,29,30)/t21-/m1/s1. The van der Waals surface area contributed by atoms with Gasteiger partial charge < -0.3 is 19.3 Å². The molecule has 0 heterocycles. The zero-order valence-electron chi connectivity index (χ0n) is 19.5. The van der Waals surface area contributed by atoms with Gasteiger partial charge in [0.2, 0.25) is 0 Å². The number of benzene rings is 3. The molecule has 0 unspecified atom stereocenters. The molecule has 1 atom stereocenters. The molecule has 1 N–H and O–H groups in total. The molecule has 33 heavy (non-hydrogen) atoms. The lowest BCUT2D eigenvalue weighted by molar-refractivity contribution is -0.136. The number of para-hydroxylation sites is 1. The lowest BCUT2D eigenvalue weighted by atomic mass is 10.0. The molecular weight excluding hydrogens is 416 g/mol. The predicted molar refractivity (Wildman–Crippen MR) is 130 cm³/mol. The van der Waals surface area contributed by atoms with Crippen LogP contribution in [0.3, 0.4) is 0 Å². The van der Waals surface area contributed by atoms with Crippen LogP contribution in [0, 0.1) is 6.92 Å². The van der Waals surface area contributed by atoms with E-state index in [1.54, 1.807) is 0 Å². The van der Waals surface area contributed by atoms with Crippen LogP contribution in [0.25, 0.3) is 0 Å². The van der Waals surface area contributed by atoms with Crippen molar-refractivity contribution in [1.29, 1.82) is 0 Å². The number of aliphatic carboxylic acids is 1. The van der Waals surface area contributed by atoms with E-state index in [0.29, 0.717) is 30.9 Å². The molecule has 0 aliphatic rings. The molecule has 174 valence electrons. The third-order valence-corrected chi connectivity index (χ3v) is 5.36. The minimum atomic E-state index is -0.781. The average Bonchev–Trinajstić information content (AvgIpc) is 2.80. The molecule has 0 amide bonds. The van der Waals surface area contributed by atoms with Gasteiger partial charge in [-0.25, -0.2) is 0 Å². The zero-order chi connectivity index (χ0) is 23.6. The Morgan fingerprint density at radius 1 is 0.939 bits per heavy atom.